The van der Waals surface area contributed by atoms with Gasteiger partial charge < -0.3 is 9.47 Å². The third kappa shape index (κ3) is 3.26. The summed E-state index contributed by atoms with van der Waals surface area (Å²) in [6.07, 6.45) is 10.00. The highest BCUT2D eigenvalue weighted by Gasteiger charge is 2.32. The third-order valence-corrected chi connectivity index (χ3v) is 5.32. The van der Waals surface area contributed by atoms with Gasteiger partial charge in [-0.15, -0.1) is 0 Å². The van der Waals surface area contributed by atoms with Gasteiger partial charge in [-0.25, -0.2) is 0 Å². The van der Waals surface area contributed by atoms with Crippen LogP contribution in [0.15, 0.2) is 36.7 Å². The second kappa shape index (κ2) is 6.87. The lowest BCUT2D eigenvalue weighted by Gasteiger charge is -2.17. The first-order valence-electron chi connectivity index (χ1n) is 9.05. The first-order valence-corrected chi connectivity index (χ1v) is 9.05. The summed E-state index contributed by atoms with van der Waals surface area (Å²) in [5, 5.41) is 0. The summed E-state index contributed by atoms with van der Waals surface area (Å²) in [6, 6.07) is 7.85. The number of carbonyl (C=O) groups excluding carboxylic acids is 1. The van der Waals surface area contributed by atoms with Crippen LogP contribution in [0.1, 0.15) is 47.2 Å². The van der Waals surface area contributed by atoms with Gasteiger partial charge in [-0.3, -0.25) is 9.78 Å². The van der Waals surface area contributed by atoms with Crippen molar-refractivity contribution in [2.24, 2.45) is 5.92 Å². The number of ether oxygens (including phenoxy) is 2. The van der Waals surface area contributed by atoms with E-state index in [0.29, 0.717) is 5.75 Å². The minimum absolute atomic E-state index is 0.0103. The molecule has 0 saturated heterocycles. The molecule has 0 N–H and O–H groups in total. The molecule has 1 fully saturated rings. The lowest BCUT2D eigenvalue weighted by Crippen LogP contribution is -2.12. The fourth-order valence-electron chi connectivity index (χ4n) is 3.98. The van der Waals surface area contributed by atoms with E-state index < -0.39 is 0 Å². The van der Waals surface area contributed by atoms with Gasteiger partial charge in [-0.1, -0.05) is 0 Å². The molecule has 4 nitrogen and oxygen atoms in total. The van der Waals surface area contributed by atoms with Crippen molar-refractivity contribution < 1.29 is 14.3 Å². The predicted molar refractivity (Wildman–Crippen MR) is 95.3 cm³/mol. The summed E-state index contributed by atoms with van der Waals surface area (Å²) < 4.78 is 11.7. The Labute approximate surface area is 148 Å². The van der Waals surface area contributed by atoms with Crippen molar-refractivity contribution >= 4 is 5.78 Å². The van der Waals surface area contributed by atoms with Crippen LogP contribution in [0.5, 0.6) is 11.5 Å². The fourth-order valence-corrected chi connectivity index (χ4v) is 3.98. The summed E-state index contributed by atoms with van der Waals surface area (Å²) in [4.78, 5) is 16.9. The van der Waals surface area contributed by atoms with Gasteiger partial charge in [0, 0.05) is 23.9 Å². The standard InChI is InChI=1S/C21H23NO3/c1-24-19-13-18-15(12-20(19)25-17-4-2-3-5-17)11-16(21(18)23)10-14-6-8-22-9-7-14/h6-9,12-13,16-17H,2-5,10-11H2,1H3. The maximum absolute atomic E-state index is 12.8. The molecular formula is C21H23NO3. The highest BCUT2D eigenvalue weighted by atomic mass is 16.5. The number of benzene rings is 1. The van der Waals surface area contributed by atoms with Crippen molar-refractivity contribution in [2.45, 2.75) is 44.6 Å². The summed E-state index contributed by atoms with van der Waals surface area (Å²) in [5.74, 6) is 1.65. The average Bonchev–Trinajstić information content (AvgIpc) is 3.24. The fraction of sp³-hybridized carbons (Fsp3) is 0.429. The van der Waals surface area contributed by atoms with Gasteiger partial charge in [0.05, 0.1) is 13.2 Å². The van der Waals surface area contributed by atoms with Crippen molar-refractivity contribution in [3.05, 3.63) is 53.3 Å². The Morgan fingerprint density at radius 2 is 1.88 bits per heavy atom. The Bertz CT molecular complexity index is 766. The molecule has 4 heteroatoms. The van der Waals surface area contributed by atoms with Crippen LogP contribution >= 0.6 is 0 Å². The second-order valence-corrected chi connectivity index (χ2v) is 7.01. The van der Waals surface area contributed by atoms with Crippen LogP contribution in [0.25, 0.3) is 0 Å². The van der Waals surface area contributed by atoms with Gasteiger partial charge in [0.25, 0.3) is 0 Å². The largest absolute Gasteiger partial charge is 0.493 e. The molecule has 2 aromatic rings. The van der Waals surface area contributed by atoms with E-state index in [9.17, 15) is 4.79 Å². The number of hydrogen-bond acceptors (Lipinski definition) is 4. The van der Waals surface area contributed by atoms with E-state index in [4.69, 9.17) is 9.47 Å². The van der Waals surface area contributed by atoms with Crippen LogP contribution in [0, 0.1) is 5.92 Å². The molecule has 1 aromatic heterocycles. The first kappa shape index (κ1) is 16.1. The van der Waals surface area contributed by atoms with Gasteiger partial charge in [-0.2, -0.15) is 0 Å². The number of methoxy groups -OCH3 is 1. The molecule has 1 saturated carbocycles. The van der Waals surface area contributed by atoms with E-state index in [-0.39, 0.29) is 17.8 Å². The van der Waals surface area contributed by atoms with E-state index in [1.807, 2.05) is 24.3 Å². The molecule has 4 rings (SSSR count). The SMILES string of the molecule is COc1cc2c(cc1OC1CCCC1)CC(Cc1ccncc1)C2=O. The van der Waals surface area contributed by atoms with Gasteiger partial charge in [0.2, 0.25) is 0 Å². The molecule has 0 aliphatic heterocycles. The van der Waals surface area contributed by atoms with Crippen molar-refractivity contribution in [1.82, 2.24) is 4.98 Å². The highest BCUT2D eigenvalue weighted by Crippen LogP contribution is 2.39. The summed E-state index contributed by atoms with van der Waals surface area (Å²) >= 11 is 0. The zero-order valence-electron chi connectivity index (χ0n) is 14.5. The van der Waals surface area contributed by atoms with Gasteiger partial charge in [0.1, 0.15) is 0 Å². The van der Waals surface area contributed by atoms with Crippen LogP contribution in [0.4, 0.5) is 0 Å². The van der Waals surface area contributed by atoms with E-state index in [1.54, 1.807) is 19.5 Å². The molecule has 1 heterocycles. The van der Waals surface area contributed by atoms with E-state index in [0.717, 1.165) is 48.1 Å². The molecule has 1 aromatic carbocycles. The van der Waals surface area contributed by atoms with Crippen LogP contribution in [0.3, 0.4) is 0 Å². The number of nitrogens with zero attached hydrogens (tertiary/aromatic N) is 1. The summed E-state index contributed by atoms with van der Waals surface area (Å²) in [6.45, 7) is 0. The lowest BCUT2D eigenvalue weighted by molar-refractivity contribution is 0.0936. The number of rotatable bonds is 5. The van der Waals surface area contributed by atoms with Crippen LogP contribution in [-0.4, -0.2) is 24.0 Å². The number of fused-ring (bicyclic) bond motifs is 1. The molecule has 2 aliphatic rings. The zero-order valence-corrected chi connectivity index (χ0v) is 14.5. The molecule has 0 amide bonds. The Morgan fingerprint density at radius 1 is 1.12 bits per heavy atom. The Morgan fingerprint density at radius 3 is 2.60 bits per heavy atom. The zero-order chi connectivity index (χ0) is 17.2. The molecule has 2 aliphatic carbocycles. The quantitative estimate of drug-likeness (QED) is 0.827. The van der Waals surface area contributed by atoms with Crippen molar-refractivity contribution in [2.75, 3.05) is 7.11 Å². The monoisotopic (exact) mass is 337 g/mol. The lowest BCUT2D eigenvalue weighted by atomic mass is 9.96. The van der Waals surface area contributed by atoms with Gasteiger partial charge >= 0.3 is 0 Å². The maximum atomic E-state index is 12.8. The van der Waals surface area contributed by atoms with Crippen molar-refractivity contribution in [3.8, 4) is 11.5 Å². The molecular weight excluding hydrogens is 314 g/mol. The molecule has 0 spiro atoms. The number of aromatic nitrogens is 1. The highest BCUT2D eigenvalue weighted by molar-refractivity contribution is 6.03. The van der Waals surface area contributed by atoms with Crippen molar-refractivity contribution in [1.29, 1.82) is 0 Å². The number of carbonyl (C=O) groups is 1. The minimum Gasteiger partial charge on any atom is -0.493 e. The Kier molecular flexibility index (Phi) is 4.43. The van der Waals surface area contributed by atoms with Gasteiger partial charge in [0.15, 0.2) is 17.3 Å². The predicted octanol–water partition coefficient (Wildman–Crippen LogP) is 4.01. The normalized spacial score (nSPS) is 19.9. The number of Topliss-reactive ketones (excluding diaryl/α,β-unsaturated/α-hetero) is 1. The topological polar surface area (TPSA) is 48.4 Å². The molecule has 1 atom stereocenters. The molecule has 1 unspecified atom stereocenters. The maximum Gasteiger partial charge on any atom is 0.167 e. The molecule has 130 valence electrons. The smallest absolute Gasteiger partial charge is 0.167 e. The first-order chi connectivity index (χ1) is 12.2. The summed E-state index contributed by atoms with van der Waals surface area (Å²) in [7, 11) is 1.64. The van der Waals surface area contributed by atoms with E-state index in [2.05, 4.69) is 4.98 Å². The van der Waals surface area contributed by atoms with E-state index >= 15 is 0 Å². The van der Waals surface area contributed by atoms with Gasteiger partial charge in [-0.05, 0) is 73.9 Å². The minimum atomic E-state index is -0.0103. The molecule has 25 heavy (non-hydrogen) atoms. The second-order valence-electron chi connectivity index (χ2n) is 7.01. The average molecular weight is 337 g/mol. The number of hydrogen-bond donors (Lipinski definition) is 0. The van der Waals surface area contributed by atoms with E-state index in [1.165, 1.54) is 12.8 Å². The van der Waals surface area contributed by atoms with Crippen LogP contribution in [0.2, 0.25) is 0 Å². The number of ketones is 1. The third-order valence-electron chi connectivity index (χ3n) is 5.32. The Hall–Kier alpha value is -2.36. The summed E-state index contributed by atoms with van der Waals surface area (Å²) in [5.41, 5.74) is 3.02. The van der Waals surface area contributed by atoms with Crippen LogP contribution in [-0.2, 0) is 12.8 Å². The molecule has 0 bridgehead atoms. The van der Waals surface area contributed by atoms with Crippen molar-refractivity contribution in [3.63, 3.8) is 0 Å². The Balaban J connectivity index is 1.57. The number of pyridine rings is 1. The molecule has 0 radical (unpaired) electrons. The van der Waals surface area contributed by atoms with Crippen LogP contribution < -0.4 is 9.47 Å².